The van der Waals surface area contributed by atoms with E-state index in [1.54, 1.807) is 6.07 Å². The van der Waals surface area contributed by atoms with Crippen molar-refractivity contribution >= 4 is 24.1 Å². The number of ether oxygens (including phenoxy) is 1. The monoisotopic (exact) mass is 261 g/mol. The zero-order valence-electron chi connectivity index (χ0n) is 9.42. The number of hydrogen-bond acceptors (Lipinski definition) is 4. The summed E-state index contributed by atoms with van der Waals surface area (Å²) in [5.74, 6) is -0.643. The van der Waals surface area contributed by atoms with Gasteiger partial charge in [-0.25, -0.2) is 4.79 Å². The van der Waals surface area contributed by atoms with Crippen molar-refractivity contribution in [3.8, 4) is 5.75 Å². The largest absolute Gasteiger partial charge is 0.493 e. The van der Waals surface area contributed by atoms with E-state index in [1.165, 1.54) is 12.1 Å². The van der Waals surface area contributed by atoms with Crippen molar-refractivity contribution in [2.75, 3.05) is 18.9 Å². The molecule has 1 atom stereocenters. The van der Waals surface area contributed by atoms with Gasteiger partial charge >= 0.3 is 5.97 Å². The standard InChI is InChI=1S/C11H15NO4.ClH/c1-7(5-13)6-16-8-2-3-10(12)9(4-8)11(14)15;/h2-4,7,13H,5-6,12H2,1H3,(H,14,15);1H/t7-;/m0./s1. The van der Waals surface area contributed by atoms with Gasteiger partial charge in [0.2, 0.25) is 0 Å². The summed E-state index contributed by atoms with van der Waals surface area (Å²) in [6.07, 6.45) is 0. The molecule has 0 fully saturated rings. The van der Waals surface area contributed by atoms with Crippen LogP contribution in [-0.2, 0) is 0 Å². The van der Waals surface area contributed by atoms with Gasteiger partial charge in [-0.3, -0.25) is 0 Å². The van der Waals surface area contributed by atoms with E-state index in [9.17, 15) is 4.79 Å². The summed E-state index contributed by atoms with van der Waals surface area (Å²) in [7, 11) is 0. The molecule has 1 aromatic rings. The summed E-state index contributed by atoms with van der Waals surface area (Å²) in [5, 5.41) is 17.6. The van der Waals surface area contributed by atoms with Gasteiger partial charge in [-0.1, -0.05) is 6.92 Å². The number of aliphatic hydroxyl groups excluding tert-OH is 1. The number of aliphatic hydroxyl groups is 1. The highest BCUT2D eigenvalue weighted by Gasteiger charge is 2.09. The molecule has 5 nitrogen and oxygen atoms in total. The second-order valence-electron chi connectivity index (χ2n) is 3.65. The average Bonchev–Trinajstić information content (AvgIpc) is 2.27. The van der Waals surface area contributed by atoms with Gasteiger partial charge in [0.15, 0.2) is 0 Å². The van der Waals surface area contributed by atoms with E-state index in [1.807, 2.05) is 6.92 Å². The molecule has 0 radical (unpaired) electrons. The van der Waals surface area contributed by atoms with Crippen LogP contribution in [0.2, 0.25) is 0 Å². The molecule has 0 aliphatic rings. The Morgan fingerprint density at radius 2 is 2.18 bits per heavy atom. The van der Waals surface area contributed by atoms with Gasteiger partial charge in [-0.05, 0) is 18.2 Å². The molecule has 0 amide bonds. The number of carboxylic acid groups (broad SMARTS) is 1. The third-order valence-corrected chi connectivity index (χ3v) is 2.10. The molecular weight excluding hydrogens is 246 g/mol. The zero-order valence-corrected chi connectivity index (χ0v) is 10.2. The van der Waals surface area contributed by atoms with Crippen molar-refractivity contribution in [2.45, 2.75) is 6.92 Å². The van der Waals surface area contributed by atoms with Crippen LogP contribution in [0.4, 0.5) is 5.69 Å². The van der Waals surface area contributed by atoms with Gasteiger partial charge in [0.1, 0.15) is 5.75 Å². The maximum absolute atomic E-state index is 10.8. The summed E-state index contributed by atoms with van der Waals surface area (Å²) in [4.78, 5) is 10.8. The lowest BCUT2D eigenvalue weighted by atomic mass is 10.1. The van der Waals surface area contributed by atoms with Gasteiger partial charge < -0.3 is 20.7 Å². The quantitative estimate of drug-likeness (QED) is 0.697. The Labute approximate surface area is 106 Å². The van der Waals surface area contributed by atoms with E-state index >= 15 is 0 Å². The fourth-order valence-corrected chi connectivity index (χ4v) is 1.10. The number of nitrogen functional groups attached to an aromatic ring is 1. The van der Waals surface area contributed by atoms with Crippen LogP contribution < -0.4 is 10.5 Å². The van der Waals surface area contributed by atoms with Crippen molar-refractivity contribution in [3.63, 3.8) is 0 Å². The third kappa shape index (κ3) is 4.50. The Hall–Kier alpha value is -1.46. The van der Waals surface area contributed by atoms with E-state index in [4.69, 9.17) is 20.7 Å². The molecule has 1 aromatic carbocycles. The van der Waals surface area contributed by atoms with E-state index in [0.717, 1.165) is 0 Å². The van der Waals surface area contributed by atoms with E-state index in [-0.39, 0.29) is 36.2 Å². The van der Waals surface area contributed by atoms with E-state index in [0.29, 0.717) is 12.4 Å². The molecule has 0 aliphatic carbocycles. The van der Waals surface area contributed by atoms with Gasteiger partial charge in [-0.2, -0.15) is 0 Å². The highest BCUT2D eigenvalue weighted by molar-refractivity contribution is 5.94. The number of rotatable bonds is 5. The second-order valence-corrected chi connectivity index (χ2v) is 3.65. The predicted octanol–water partition coefficient (Wildman–Crippen LogP) is 1.40. The van der Waals surface area contributed by atoms with Gasteiger partial charge in [0.25, 0.3) is 0 Å². The molecule has 0 bridgehead atoms. The molecular formula is C11H16ClNO4. The minimum Gasteiger partial charge on any atom is -0.493 e. The number of benzene rings is 1. The molecule has 96 valence electrons. The average molecular weight is 262 g/mol. The maximum atomic E-state index is 10.8. The molecule has 0 unspecified atom stereocenters. The molecule has 0 heterocycles. The fourth-order valence-electron chi connectivity index (χ4n) is 1.10. The third-order valence-electron chi connectivity index (χ3n) is 2.10. The number of anilines is 1. The van der Waals surface area contributed by atoms with E-state index in [2.05, 4.69) is 0 Å². The first-order valence-corrected chi connectivity index (χ1v) is 4.91. The number of nitrogens with two attached hydrogens (primary N) is 1. The number of halogens is 1. The highest BCUT2D eigenvalue weighted by atomic mass is 35.5. The molecule has 0 saturated carbocycles. The number of carboxylic acids is 1. The van der Waals surface area contributed by atoms with Gasteiger partial charge in [0, 0.05) is 18.2 Å². The first-order chi connectivity index (χ1) is 7.54. The Bertz CT molecular complexity index is 384. The van der Waals surface area contributed by atoms with Crippen LogP contribution in [0.25, 0.3) is 0 Å². The smallest absolute Gasteiger partial charge is 0.337 e. The van der Waals surface area contributed by atoms with Crippen molar-refractivity contribution in [1.82, 2.24) is 0 Å². The number of aromatic carboxylic acids is 1. The Kier molecular flexibility index (Phi) is 6.38. The van der Waals surface area contributed by atoms with Crippen LogP contribution in [0.15, 0.2) is 18.2 Å². The molecule has 0 aromatic heterocycles. The Morgan fingerprint density at radius 1 is 1.53 bits per heavy atom. The van der Waals surface area contributed by atoms with Crippen LogP contribution in [0.5, 0.6) is 5.75 Å². The summed E-state index contributed by atoms with van der Waals surface area (Å²) >= 11 is 0. The minimum atomic E-state index is -1.09. The lowest BCUT2D eigenvalue weighted by Crippen LogP contribution is -2.12. The van der Waals surface area contributed by atoms with Crippen LogP contribution >= 0.6 is 12.4 Å². The van der Waals surface area contributed by atoms with Gasteiger partial charge in [0.05, 0.1) is 12.2 Å². The molecule has 4 N–H and O–H groups in total. The van der Waals surface area contributed by atoms with Crippen LogP contribution in [0, 0.1) is 5.92 Å². The fraction of sp³-hybridized carbons (Fsp3) is 0.364. The Morgan fingerprint density at radius 3 is 2.71 bits per heavy atom. The lowest BCUT2D eigenvalue weighted by molar-refractivity contribution is 0.0697. The first-order valence-electron chi connectivity index (χ1n) is 4.91. The highest BCUT2D eigenvalue weighted by Crippen LogP contribution is 2.20. The predicted molar refractivity (Wildman–Crippen MR) is 66.8 cm³/mol. The van der Waals surface area contributed by atoms with Crippen LogP contribution in [0.1, 0.15) is 17.3 Å². The molecule has 17 heavy (non-hydrogen) atoms. The molecule has 0 spiro atoms. The van der Waals surface area contributed by atoms with Crippen LogP contribution in [0.3, 0.4) is 0 Å². The molecule has 0 aliphatic heterocycles. The summed E-state index contributed by atoms with van der Waals surface area (Å²) in [6, 6.07) is 4.47. The van der Waals surface area contributed by atoms with Crippen molar-refractivity contribution < 1.29 is 19.7 Å². The lowest BCUT2D eigenvalue weighted by Gasteiger charge is -2.11. The SMILES string of the molecule is C[C@@H](CO)COc1ccc(N)c(C(=O)O)c1.Cl. The van der Waals surface area contributed by atoms with Crippen LogP contribution in [-0.4, -0.2) is 29.4 Å². The van der Waals surface area contributed by atoms with E-state index < -0.39 is 5.97 Å². The van der Waals surface area contributed by atoms with Crippen molar-refractivity contribution in [2.24, 2.45) is 5.92 Å². The summed E-state index contributed by atoms with van der Waals surface area (Å²) in [5.41, 5.74) is 5.72. The van der Waals surface area contributed by atoms with Crippen molar-refractivity contribution in [3.05, 3.63) is 23.8 Å². The first kappa shape index (κ1) is 15.5. The summed E-state index contributed by atoms with van der Waals surface area (Å²) in [6.45, 7) is 2.19. The number of hydrogen-bond donors (Lipinski definition) is 3. The molecule has 0 saturated heterocycles. The maximum Gasteiger partial charge on any atom is 0.337 e. The van der Waals surface area contributed by atoms with Gasteiger partial charge in [-0.15, -0.1) is 12.4 Å². The van der Waals surface area contributed by atoms with Crippen molar-refractivity contribution in [1.29, 1.82) is 0 Å². The zero-order chi connectivity index (χ0) is 12.1. The molecule has 1 rings (SSSR count). The molecule has 6 heteroatoms. The normalized spacial score (nSPS) is 11.4. The minimum absolute atomic E-state index is 0. The topological polar surface area (TPSA) is 92.8 Å². The number of carbonyl (C=O) groups is 1. The Balaban J connectivity index is 0.00000256. The second kappa shape index (κ2) is 6.98. The summed E-state index contributed by atoms with van der Waals surface area (Å²) < 4.78 is 5.33.